The Labute approximate surface area is 89.5 Å². The number of aromatic amines is 1. The predicted molar refractivity (Wildman–Crippen MR) is 58.1 cm³/mol. The van der Waals surface area contributed by atoms with Crippen LogP contribution >= 0.6 is 0 Å². The first-order chi connectivity index (χ1) is 7.27. The Morgan fingerprint density at radius 2 is 2.53 bits per heavy atom. The van der Waals surface area contributed by atoms with Gasteiger partial charge in [-0.2, -0.15) is 0 Å². The van der Waals surface area contributed by atoms with Crippen LogP contribution in [0.4, 0.5) is 0 Å². The molecule has 4 N–H and O–H groups in total. The van der Waals surface area contributed by atoms with Gasteiger partial charge in [0, 0.05) is 18.8 Å². The Kier molecular flexibility index (Phi) is 4.83. The average Bonchev–Trinajstić information content (AvgIpc) is 2.76. The monoisotopic (exact) mass is 210 g/mol. The zero-order valence-electron chi connectivity index (χ0n) is 8.99. The number of carbonyl (C=O) groups is 1. The van der Waals surface area contributed by atoms with Gasteiger partial charge in [-0.25, -0.2) is 4.98 Å². The molecule has 1 heterocycles. The van der Waals surface area contributed by atoms with E-state index >= 15 is 0 Å². The van der Waals surface area contributed by atoms with Crippen molar-refractivity contribution in [3.05, 3.63) is 18.2 Å². The van der Waals surface area contributed by atoms with Gasteiger partial charge in [-0.05, 0) is 19.4 Å². The minimum atomic E-state index is -0.0229. The van der Waals surface area contributed by atoms with Crippen LogP contribution in [0.15, 0.2) is 12.4 Å². The summed E-state index contributed by atoms with van der Waals surface area (Å²) in [7, 11) is 0. The van der Waals surface area contributed by atoms with Crippen LogP contribution in [0.25, 0.3) is 0 Å². The molecule has 0 saturated heterocycles. The van der Waals surface area contributed by atoms with Crippen LogP contribution in [-0.2, 0) is 4.79 Å². The molecule has 5 nitrogen and oxygen atoms in total. The van der Waals surface area contributed by atoms with Crippen molar-refractivity contribution in [1.82, 2.24) is 15.3 Å². The van der Waals surface area contributed by atoms with E-state index in [4.69, 9.17) is 5.73 Å². The Bertz CT molecular complexity index is 284. The molecule has 0 aliphatic heterocycles. The molecule has 0 radical (unpaired) electrons. The normalized spacial score (nSPS) is 12.4. The van der Waals surface area contributed by atoms with E-state index in [0.29, 0.717) is 13.0 Å². The highest BCUT2D eigenvalue weighted by atomic mass is 16.1. The van der Waals surface area contributed by atoms with Crippen molar-refractivity contribution in [2.45, 2.75) is 32.2 Å². The van der Waals surface area contributed by atoms with Crippen LogP contribution in [0.5, 0.6) is 0 Å². The average molecular weight is 210 g/mol. The third-order valence-corrected chi connectivity index (χ3v) is 2.20. The van der Waals surface area contributed by atoms with Crippen LogP contribution < -0.4 is 11.1 Å². The molecule has 0 aliphatic rings. The van der Waals surface area contributed by atoms with E-state index in [1.165, 1.54) is 0 Å². The van der Waals surface area contributed by atoms with Gasteiger partial charge in [-0.1, -0.05) is 6.92 Å². The summed E-state index contributed by atoms with van der Waals surface area (Å²) in [6, 6.07) is -0.0229. The van der Waals surface area contributed by atoms with Crippen LogP contribution in [-0.4, -0.2) is 22.4 Å². The standard InChI is InChI=1S/C10H18N4O/c1-2-8(10-12-6-7-13-10)14-9(15)4-3-5-11/h6-8H,2-5,11H2,1H3,(H,12,13)(H,14,15). The van der Waals surface area contributed by atoms with Gasteiger partial charge in [0.15, 0.2) is 0 Å². The molecular weight excluding hydrogens is 192 g/mol. The smallest absolute Gasteiger partial charge is 0.220 e. The first-order valence-electron chi connectivity index (χ1n) is 5.26. The molecule has 0 aliphatic carbocycles. The summed E-state index contributed by atoms with van der Waals surface area (Å²) in [5.74, 6) is 0.835. The maximum atomic E-state index is 11.5. The van der Waals surface area contributed by atoms with E-state index in [2.05, 4.69) is 15.3 Å². The number of carbonyl (C=O) groups excluding carboxylic acids is 1. The lowest BCUT2D eigenvalue weighted by Crippen LogP contribution is -2.29. The van der Waals surface area contributed by atoms with E-state index in [0.717, 1.165) is 18.7 Å². The van der Waals surface area contributed by atoms with Gasteiger partial charge in [-0.3, -0.25) is 4.79 Å². The lowest BCUT2D eigenvalue weighted by atomic mass is 10.2. The Morgan fingerprint density at radius 3 is 3.07 bits per heavy atom. The molecule has 0 saturated carbocycles. The summed E-state index contributed by atoms with van der Waals surface area (Å²) in [5.41, 5.74) is 5.34. The molecule has 84 valence electrons. The largest absolute Gasteiger partial charge is 0.347 e. The number of amides is 1. The second-order valence-electron chi connectivity index (χ2n) is 3.39. The number of H-pyrrole nitrogens is 1. The van der Waals surface area contributed by atoms with Gasteiger partial charge >= 0.3 is 0 Å². The Balaban J connectivity index is 2.44. The molecule has 1 rings (SSSR count). The first-order valence-corrected chi connectivity index (χ1v) is 5.26. The lowest BCUT2D eigenvalue weighted by molar-refractivity contribution is -0.122. The molecule has 1 aromatic rings. The van der Waals surface area contributed by atoms with Gasteiger partial charge in [0.1, 0.15) is 5.82 Å². The molecule has 1 atom stereocenters. The summed E-state index contributed by atoms with van der Waals surface area (Å²) >= 11 is 0. The van der Waals surface area contributed by atoms with E-state index in [-0.39, 0.29) is 11.9 Å². The number of rotatable bonds is 6. The predicted octanol–water partition coefficient (Wildman–Crippen LogP) is 0.716. The molecule has 0 aromatic carbocycles. The molecule has 0 bridgehead atoms. The fourth-order valence-corrected chi connectivity index (χ4v) is 1.36. The fourth-order valence-electron chi connectivity index (χ4n) is 1.36. The second kappa shape index (κ2) is 6.19. The van der Waals surface area contributed by atoms with Crippen molar-refractivity contribution in [3.8, 4) is 0 Å². The van der Waals surface area contributed by atoms with E-state index in [1.54, 1.807) is 12.4 Å². The summed E-state index contributed by atoms with van der Waals surface area (Å²) < 4.78 is 0. The molecule has 1 unspecified atom stereocenters. The Morgan fingerprint density at radius 1 is 1.73 bits per heavy atom. The van der Waals surface area contributed by atoms with Crippen molar-refractivity contribution < 1.29 is 4.79 Å². The molecule has 0 spiro atoms. The number of nitrogens with one attached hydrogen (secondary N) is 2. The van der Waals surface area contributed by atoms with Gasteiger partial charge < -0.3 is 16.0 Å². The summed E-state index contributed by atoms with van der Waals surface area (Å²) in [5, 5.41) is 2.92. The highest BCUT2D eigenvalue weighted by molar-refractivity contribution is 5.76. The van der Waals surface area contributed by atoms with Crippen LogP contribution in [0, 0.1) is 0 Å². The Hall–Kier alpha value is -1.36. The van der Waals surface area contributed by atoms with Crippen molar-refractivity contribution in [2.24, 2.45) is 5.73 Å². The van der Waals surface area contributed by atoms with E-state index in [1.807, 2.05) is 6.92 Å². The topological polar surface area (TPSA) is 83.8 Å². The molecule has 1 amide bonds. The molecule has 5 heteroatoms. The molecule has 0 fully saturated rings. The SMILES string of the molecule is CCC(NC(=O)CCCN)c1ncc[nH]1. The fraction of sp³-hybridized carbons (Fsp3) is 0.600. The summed E-state index contributed by atoms with van der Waals surface area (Å²) in [6.07, 6.45) is 5.46. The second-order valence-corrected chi connectivity index (χ2v) is 3.39. The van der Waals surface area contributed by atoms with Crippen LogP contribution in [0.2, 0.25) is 0 Å². The minimum absolute atomic E-state index is 0.0229. The summed E-state index contributed by atoms with van der Waals surface area (Å²) in [6.45, 7) is 2.56. The van der Waals surface area contributed by atoms with Crippen molar-refractivity contribution in [3.63, 3.8) is 0 Å². The van der Waals surface area contributed by atoms with Crippen molar-refractivity contribution in [1.29, 1.82) is 0 Å². The third kappa shape index (κ3) is 3.71. The number of hydrogen-bond donors (Lipinski definition) is 3. The summed E-state index contributed by atoms with van der Waals surface area (Å²) in [4.78, 5) is 18.6. The number of nitrogens with zero attached hydrogens (tertiary/aromatic N) is 1. The first kappa shape index (κ1) is 11.7. The van der Waals surface area contributed by atoms with Gasteiger partial charge in [-0.15, -0.1) is 0 Å². The zero-order chi connectivity index (χ0) is 11.1. The number of aromatic nitrogens is 2. The van der Waals surface area contributed by atoms with Crippen molar-refractivity contribution >= 4 is 5.91 Å². The van der Waals surface area contributed by atoms with Gasteiger partial charge in [0.05, 0.1) is 6.04 Å². The van der Waals surface area contributed by atoms with Gasteiger partial charge in [0.25, 0.3) is 0 Å². The number of imidazole rings is 1. The maximum Gasteiger partial charge on any atom is 0.220 e. The third-order valence-electron chi connectivity index (χ3n) is 2.20. The highest BCUT2D eigenvalue weighted by Gasteiger charge is 2.13. The zero-order valence-corrected chi connectivity index (χ0v) is 8.99. The van der Waals surface area contributed by atoms with Crippen LogP contribution in [0.1, 0.15) is 38.1 Å². The highest BCUT2D eigenvalue weighted by Crippen LogP contribution is 2.11. The quantitative estimate of drug-likeness (QED) is 0.646. The lowest BCUT2D eigenvalue weighted by Gasteiger charge is -2.14. The van der Waals surface area contributed by atoms with Crippen LogP contribution in [0.3, 0.4) is 0 Å². The molecular formula is C10H18N4O. The van der Waals surface area contributed by atoms with Crippen molar-refractivity contribution in [2.75, 3.05) is 6.54 Å². The maximum absolute atomic E-state index is 11.5. The molecule has 1 aromatic heterocycles. The van der Waals surface area contributed by atoms with E-state index < -0.39 is 0 Å². The molecule has 15 heavy (non-hydrogen) atoms. The number of nitrogens with two attached hydrogens (primary N) is 1. The van der Waals surface area contributed by atoms with E-state index in [9.17, 15) is 4.79 Å². The number of hydrogen-bond acceptors (Lipinski definition) is 3. The minimum Gasteiger partial charge on any atom is -0.347 e. The van der Waals surface area contributed by atoms with Gasteiger partial charge in [0.2, 0.25) is 5.91 Å².